The van der Waals surface area contributed by atoms with Crippen LogP contribution in [0, 0.1) is 5.82 Å². The normalized spacial score (nSPS) is 16.2. The van der Waals surface area contributed by atoms with E-state index < -0.39 is 24.5 Å². The van der Waals surface area contributed by atoms with Gasteiger partial charge in [0.1, 0.15) is 28.3 Å². The maximum Gasteiger partial charge on any atom is 0.349 e. The SMILES string of the molecule is COc1cc(OC2CCc3c(-c4cccc(NC(=O)c5nc6c(n5C)CCN(C(C)CO)C6)c4Cl)cccc32)c(Cl)c(F)c1C/N=C(\CCO)C(=O)O. The summed E-state index contributed by atoms with van der Waals surface area (Å²) < 4.78 is 29.1. The number of carbonyl (C=O) groups excluding carboxylic acids is 1. The lowest BCUT2D eigenvalue weighted by atomic mass is 9.96. The largest absolute Gasteiger partial charge is 0.496 e. The van der Waals surface area contributed by atoms with Crippen molar-refractivity contribution in [3.63, 3.8) is 0 Å². The highest BCUT2D eigenvalue weighted by molar-refractivity contribution is 6.37. The molecule has 0 saturated heterocycles. The Morgan fingerprint density at radius 1 is 1.11 bits per heavy atom. The fourth-order valence-electron chi connectivity index (χ4n) is 6.97. The summed E-state index contributed by atoms with van der Waals surface area (Å²) in [5, 5.41) is 31.1. The molecule has 6 rings (SSSR count). The van der Waals surface area contributed by atoms with Crippen LogP contribution in [0.2, 0.25) is 10.0 Å². The van der Waals surface area contributed by atoms with Crippen LogP contribution < -0.4 is 14.8 Å². The summed E-state index contributed by atoms with van der Waals surface area (Å²) in [4.78, 5) is 35.8. The number of anilines is 1. The molecule has 0 radical (unpaired) electrons. The van der Waals surface area contributed by atoms with Crippen molar-refractivity contribution in [3.05, 3.63) is 92.2 Å². The van der Waals surface area contributed by atoms with Gasteiger partial charge >= 0.3 is 5.97 Å². The summed E-state index contributed by atoms with van der Waals surface area (Å²) in [6.45, 7) is 2.54. The molecule has 0 bridgehead atoms. The van der Waals surface area contributed by atoms with Gasteiger partial charge in [0, 0.05) is 63.0 Å². The Balaban J connectivity index is 1.23. The molecule has 2 aliphatic rings. The monoisotopic (exact) mass is 767 g/mol. The minimum atomic E-state index is -1.31. The highest BCUT2D eigenvalue weighted by atomic mass is 35.5. The molecule has 1 amide bonds. The van der Waals surface area contributed by atoms with Crippen LogP contribution in [0.15, 0.2) is 47.5 Å². The topological polar surface area (TPSA) is 159 Å². The number of methoxy groups -OCH3 is 1. The molecule has 4 aromatic rings. The van der Waals surface area contributed by atoms with Gasteiger partial charge in [-0.2, -0.15) is 0 Å². The fourth-order valence-corrected chi connectivity index (χ4v) is 7.46. The number of amides is 1. The highest BCUT2D eigenvalue weighted by Gasteiger charge is 2.31. The second kappa shape index (κ2) is 16.2. The molecule has 15 heteroatoms. The van der Waals surface area contributed by atoms with Gasteiger partial charge in [0.25, 0.3) is 5.91 Å². The molecule has 280 valence electrons. The van der Waals surface area contributed by atoms with Gasteiger partial charge in [0.15, 0.2) is 11.6 Å². The van der Waals surface area contributed by atoms with Crippen molar-refractivity contribution in [1.29, 1.82) is 0 Å². The Hall–Kier alpha value is -4.53. The van der Waals surface area contributed by atoms with Crippen LogP contribution >= 0.6 is 23.2 Å². The molecule has 1 aromatic heterocycles. The number of carbonyl (C=O) groups is 2. The zero-order valence-electron chi connectivity index (χ0n) is 29.5. The Morgan fingerprint density at radius 3 is 2.58 bits per heavy atom. The second-order valence-electron chi connectivity index (χ2n) is 13.0. The number of aliphatic hydroxyl groups is 2. The van der Waals surface area contributed by atoms with Gasteiger partial charge in [-0.1, -0.05) is 53.5 Å². The average molecular weight is 769 g/mol. The number of aliphatic hydroxyl groups excluding tert-OH is 2. The van der Waals surface area contributed by atoms with E-state index in [1.807, 2.05) is 48.9 Å². The lowest BCUT2D eigenvalue weighted by molar-refractivity contribution is -0.129. The highest BCUT2D eigenvalue weighted by Crippen LogP contribution is 2.45. The minimum Gasteiger partial charge on any atom is -0.496 e. The third kappa shape index (κ3) is 7.62. The van der Waals surface area contributed by atoms with Gasteiger partial charge in [-0.15, -0.1) is 0 Å². The number of benzene rings is 3. The van der Waals surface area contributed by atoms with E-state index in [1.165, 1.54) is 13.2 Å². The van der Waals surface area contributed by atoms with Crippen molar-refractivity contribution in [3.8, 4) is 22.6 Å². The Bertz CT molecular complexity index is 2090. The first-order valence-electron chi connectivity index (χ1n) is 17.2. The third-order valence-corrected chi connectivity index (χ3v) is 10.6. The van der Waals surface area contributed by atoms with Crippen molar-refractivity contribution < 1.29 is 38.8 Å². The lowest BCUT2D eigenvalue weighted by Crippen LogP contribution is -2.39. The van der Waals surface area contributed by atoms with E-state index in [0.717, 1.165) is 34.6 Å². The summed E-state index contributed by atoms with van der Waals surface area (Å²) in [6, 6.07) is 12.7. The number of imidazole rings is 1. The van der Waals surface area contributed by atoms with E-state index >= 15 is 4.39 Å². The van der Waals surface area contributed by atoms with Crippen molar-refractivity contribution in [2.75, 3.05) is 32.2 Å². The number of carboxylic acid groups (broad SMARTS) is 1. The van der Waals surface area contributed by atoms with Gasteiger partial charge < -0.3 is 34.7 Å². The number of fused-ring (bicyclic) bond motifs is 2. The van der Waals surface area contributed by atoms with Crippen LogP contribution in [0.1, 0.15) is 64.6 Å². The predicted molar refractivity (Wildman–Crippen MR) is 199 cm³/mol. The number of ether oxygens (including phenoxy) is 2. The van der Waals surface area contributed by atoms with E-state index in [9.17, 15) is 19.8 Å². The molecule has 0 saturated carbocycles. The van der Waals surface area contributed by atoms with Crippen molar-refractivity contribution >= 4 is 46.5 Å². The van der Waals surface area contributed by atoms with E-state index in [1.54, 1.807) is 6.07 Å². The van der Waals surface area contributed by atoms with Crippen LogP contribution in [0.4, 0.5) is 10.1 Å². The molecular formula is C38H40Cl2FN5O7. The molecule has 53 heavy (non-hydrogen) atoms. The van der Waals surface area contributed by atoms with Crippen LogP contribution in [0.25, 0.3) is 11.1 Å². The zero-order chi connectivity index (χ0) is 38.0. The second-order valence-corrected chi connectivity index (χ2v) is 13.8. The molecule has 12 nitrogen and oxygen atoms in total. The molecule has 0 spiro atoms. The van der Waals surface area contributed by atoms with Crippen molar-refractivity contribution in [2.45, 2.75) is 57.8 Å². The van der Waals surface area contributed by atoms with Crippen LogP contribution in [0.5, 0.6) is 11.5 Å². The van der Waals surface area contributed by atoms with E-state index in [0.29, 0.717) is 42.1 Å². The Morgan fingerprint density at radius 2 is 1.87 bits per heavy atom. The van der Waals surface area contributed by atoms with Gasteiger partial charge in [-0.3, -0.25) is 14.7 Å². The number of nitrogens with one attached hydrogen (secondary N) is 1. The summed E-state index contributed by atoms with van der Waals surface area (Å²) in [5.74, 6) is -2.14. The molecule has 1 aliphatic heterocycles. The van der Waals surface area contributed by atoms with Gasteiger partial charge in [0.2, 0.25) is 0 Å². The number of aliphatic carboxylic acids is 1. The number of rotatable bonds is 13. The maximum absolute atomic E-state index is 15.6. The lowest BCUT2D eigenvalue weighted by Gasteiger charge is -2.30. The van der Waals surface area contributed by atoms with E-state index in [4.69, 9.17) is 37.8 Å². The molecule has 1 aliphatic carbocycles. The maximum atomic E-state index is 15.6. The summed E-state index contributed by atoms with van der Waals surface area (Å²) in [5.41, 5.74) is 5.33. The molecule has 2 atom stereocenters. The number of hydrogen-bond donors (Lipinski definition) is 4. The van der Waals surface area contributed by atoms with Crippen molar-refractivity contribution in [2.24, 2.45) is 12.0 Å². The quantitative estimate of drug-likeness (QED) is 0.120. The molecule has 2 heterocycles. The number of nitrogens with zero attached hydrogens (tertiary/aromatic N) is 4. The first-order valence-corrected chi connectivity index (χ1v) is 17.9. The molecule has 3 aromatic carbocycles. The molecular weight excluding hydrogens is 728 g/mol. The number of aromatic nitrogens is 2. The van der Waals surface area contributed by atoms with E-state index in [-0.39, 0.29) is 65.1 Å². The summed E-state index contributed by atoms with van der Waals surface area (Å²) in [6.07, 6.45) is 1.23. The van der Waals surface area contributed by atoms with Gasteiger partial charge in [-0.25, -0.2) is 14.2 Å². The summed E-state index contributed by atoms with van der Waals surface area (Å²) in [7, 11) is 3.18. The fraction of sp³-hybridized carbons (Fsp3) is 0.368. The standard InChI is InChI=1S/C38H40Cl2FN5O7/c1-20(19-48)46-14-12-29-28(18-46)43-36(45(29)2)37(49)44-26-9-5-8-24(33(26)39)21-6-4-7-23-22(21)10-11-30(23)53-32-16-31(52-3)25(35(41)34(32)40)17-42-27(13-15-47)38(50)51/h4-9,16,20,30,47-48H,10-15,17-19H2,1-3H3,(H,44,49)(H,50,51)/b42-27+. The van der Waals surface area contributed by atoms with Crippen LogP contribution in [0.3, 0.4) is 0 Å². The Labute approximate surface area is 315 Å². The zero-order valence-corrected chi connectivity index (χ0v) is 31.0. The van der Waals surface area contributed by atoms with Crippen molar-refractivity contribution in [1.82, 2.24) is 14.5 Å². The van der Waals surface area contributed by atoms with Gasteiger partial charge in [-0.05, 0) is 42.5 Å². The molecule has 4 N–H and O–H groups in total. The molecule has 0 fully saturated rings. The van der Waals surface area contributed by atoms with Gasteiger partial charge in [0.05, 0.1) is 42.2 Å². The average Bonchev–Trinajstić information content (AvgIpc) is 3.72. The number of carboxylic acids is 1. The predicted octanol–water partition coefficient (Wildman–Crippen LogP) is 6.01. The number of halogens is 3. The first kappa shape index (κ1) is 38.2. The smallest absolute Gasteiger partial charge is 0.349 e. The third-order valence-electron chi connectivity index (χ3n) is 9.87. The summed E-state index contributed by atoms with van der Waals surface area (Å²) >= 11 is 13.4. The minimum absolute atomic E-state index is 0.00698. The Kier molecular flexibility index (Phi) is 11.7. The van der Waals surface area contributed by atoms with Crippen LogP contribution in [-0.4, -0.2) is 80.3 Å². The number of hydrogen-bond acceptors (Lipinski definition) is 9. The first-order chi connectivity index (χ1) is 25.5. The number of aliphatic imine (C=N–C) groups is 1. The van der Waals surface area contributed by atoms with Crippen LogP contribution in [-0.2, 0) is 37.8 Å². The van der Waals surface area contributed by atoms with E-state index in [2.05, 4.69) is 20.2 Å². The molecule has 2 unspecified atom stereocenters.